The van der Waals surface area contributed by atoms with E-state index in [1.807, 2.05) is 11.3 Å². The zero-order valence-electron chi connectivity index (χ0n) is 10.4. The standard InChI is InChI=1S/C12H22N2S/c1-8(2)6-13-7-11-12(9(3)4)14-10(5)15-11/h8-9,13H,6-7H2,1-5H3. The van der Waals surface area contributed by atoms with Crippen LogP contribution in [0.5, 0.6) is 0 Å². The van der Waals surface area contributed by atoms with Crippen molar-refractivity contribution in [3.05, 3.63) is 15.6 Å². The van der Waals surface area contributed by atoms with E-state index in [9.17, 15) is 0 Å². The molecule has 0 atom stereocenters. The Morgan fingerprint density at radius 1 is 1.27 bits per heavy atom. The molecule has 2 nitrogen and oxygen atoms in total. The summed E-state index contributed by atoms with van der Waals surface area (Å²) in [5.74, 6) is 1.24. The van der Waals surface area contributed by atoms with Crippen LogP contribution in [0.25, 0.3) is 0 Å². The number of aryl methyl sites for hydroxylation is 1. The Labute approximate surface area is 97.1 Å². The van der Waals surface area contributed by atoms with Crippen LogP contribution in [-0.2, 0) is 6.54 Å². The third kappa shape index (κ3) is 3.92. The molecule has 1 N–H and O–H groups in total. The zero-order chi connectivity index (χ0) is 11.4. The van der Waals surface area contributed by atoms with Crippen molar-refractivity contribution in [2.45, 2.75) is 47.1 Å². The molecule has 0 aliphatic carbocycles. The molecule has 0 saturated carbocycles. The molecule has 86 valence electrons. The molecule has 0 saturated heterocycles. The highest BCUT2D eigenvalue weighted by molar-refractivity contribution is 7.11. The molecule has 0 spiro atoms. The van der Waals surface area contributed by atoms with Crippen molar-refractivity contribution in [1.29, 1.82) is 0 Å². The lowest BCUT2D eigenvalue weighted by molar-refractivity contribution is 0.552. The van der Waals surface area contributed by atoms with E-state index in [-0.39, 0.29) is 0 Å². The molecule has 1 rings (SSSR count). The van der Waals surface area contributed by atoms with Crippen molar-refractivity contribution in [3.63, 3.8) is 0 Å². The summed E-state index contributed by atoms with van der Waals surface area (Å²) < 4.78 is 0. The molecule has 0 fully saturated rings. The third-order valence-corrected chi connectivity index (χ3v) is 3.21. The van der Waals surface area contributed by atoms with Crippen molar-refractivity contribution in [2.75, 3.05) is 6.54 Å². The molecular weight excluding hydrogens is 204 g/mol. The number of nitrogens with one attached hydrogen (secondary N) is 1. The molecular formula is C12H22N2S. The van der Waals surface area contributed by atoms with Crippen molar-refractivity contribution in [2.24, 2.45) is 5.92 Å². The summed E-state index contributed by atoms with van der Waals surface area (Å²) in [4.78, 5) is 5.99. The monoisotopic (exact) mass is 226 g/mol. The summed E-state index contributed by atoms with van der Waals surface area (Å²) in [7, 11) is 0. The summed E-state index contributed by atoms with van der Waals surface area (Å²) in [5, 5.41) is 4.66. The van der Waals surface area contributed by atoms with E-state index in [0.29, 0.717) is 11.8 Å². The maximum absolute atomic E-state index is 4.59. The van der Waals surface area contributed by atoms with E-state index in [2.05, 4.69) is 44.9 Å². The highest BCUT2D eigenvalue weighted by Crippen LogP contribution is 2.24. The second kappa shape index (κ2) is 5.61. The second-order valence-electron chi connectivity index (χ2n) is 4.72. The largest absolute Gasteiger partial charge is 0.312 e. The van der Waals surface area contributed by atoms with Gasteiger partial charge in [0.1, 0.15) is 0 Å². The Hall–Kier alpha value is -0.410. The predicted octanol–water partition coefficient (Wildman–Crippen LogP) is 3.32. The van der Waals surface area contributed by atoms with E-state index in [1.54, 1.807) is 0 Å². The van der Waals surface area contributed by atoms with Gasteiger partial charge in [-0.25, -0.2) is 4.98 Å². The van der Waals surface area contributed by atoms with Gasteiger partial charge in [0.15, 0.2) is 0 Å². The quantitative estimate of drug-likeness (QED) is 0.833. The number of nitrogens with zero attached hydrogens (tertiary/aromatic N) is 1. The zero-order valence-corrected chi connectivity index (χ0v) is 11.2. The van der Waals surface area contributed by atoms with Crippen molar-refractivity contribution < 1.29 is 0 Å². The lowest BCUT2D eigenvalue weighted by Gasteiger charge is -2.08. The van der Waals surface area contributed by atoms with Crippen molar-refractivity contribution in [3.8, 4) is 0 Å². The number of aromatic nitrogens is 1. The maximum Gasteiger partial charge on any atom is 0.0900 e. The van der Waals surface area contributed by atoms with Crippen LogP contribution in [0.1, 0.15) is 49.2 Å². The van der Waals surface area contributed by atoms with Gasteiger partial charge in [0.05, 0.1) is 10.7 Å². The summed E-state index contributed by atoms with van der Waals surface area (Å²) in [6.45, 7) is 13.0. The van der Waals surface area contributed by atoms with Gasteiger partial charge in [-0.15, -0.1) is 11.3 Å². The Bertz CT molecular complexity index is 303. The van der Waals surface area contributed by atoms with Crippen LogP contribution >= 0.6 is 11.3 Å². The first-order valence-corrected chi connectivity index (χ1v) is 6.49. The van der Waals surface area contributed by atoms with Crippen LogP contribution in [0.15, 0.2) is 0 Å². The minimum Gasteiger partial charge on any atom is -0.312 e. The lowest BCUT2D eigenvalue weighted by atomic mass is 10.1. The van der Waals surface area contributed by atoms with E-state index in [4.69, 9.17) is 0 Å². The average molecular weight is 226 g/mol. The molecule has 0 aliphatic rings. The smallest absolute Gasteiger partial charge is 0.0900 e. The van der Waals surface area contributed by atoms with E-state index >= 15 is 0 Å². The van der Waals surface area contributed by atoms with Gasteiger partial charge >= 0.3 is 0 Å². The fourth-order valence-corrected chi connectivity index (χ4v) is 2.60. The minimum atomic E-state index is 0.533. The number of rotatable bonds is 5. The van der Waals surface area contributed by atoms with E-state index in [0.717, 1.165) is 13.1 Å². The normalized spacial score (nSPS) is 11.7. The summed E-state index contributed by atoms with van der Waals surface area (Å²) >= 11 is 1.82. The highest BCUT2D eigenvalue weighted by Gasteiger charge is 2.11. The number of hydrogen-bond donors (Lipinski definition) is 1. The van der Waals surface area contributed by atoms with Crippen LogP contribution in [0.4, 0.5) is 0 Å². The van der Waals surface area contributed by atoms with Gasteiger partial charge in [0.25, 0.3) is 0 Å². The van der Waals surface area contributed by atoms with Crippen LogP contribution in [-0.4, -0.2) is 11.5 Å². The molecule has 0 amide bonds. The van der Waals surface area contributed by atoms with Gasteiger partial charge in [-0.1, -0.05) is 27.7 Å². The molecule has 0 aliphatic heterocycles. The van der Waals surface area contributed by atoms with Gasteiger partial charge in [0, 0.05) is 11.4 Å². The molecule has 0 aromatic carbocycles. The van der Waals surface area contributed by atoms with Gasteiger partial charge in [-0.05, 0) is 25.3 Å². The fourth-order valence-electron chi connectivity index (χ4n) is 1.54. The van der Waals surface area contributed by atoms with Gasteiger partial charge in [-0.3, -0.25) is 0 Å². The Morgan fingerprint density at radius 3 is 2.47 bits per heavy atom. The van der Waals surface area contributed by atoms with Gasteiger partial charge in [0.2, 0.25) is 0 Å². The molecule has 0 radical (unpaired) electrons. The van der Waals surface area contributed by atoms with Crippen molar-refractivity contribution in [1.82, 2.24) is 10.3 Å². The fraction of sp³-hybridized carbons (Fsp3) is 0.750. The number of thiazole rings is 1. The first-order chi connectivity index (χ1) is 7.00. The third-order valence-electron chi connectivity index (χ3n) is 2.22. The average Bonchev–Trinajstić information content (AvgIpc) is 2.46. The predicted molar refractivity (Wildman–Crippen MR) is 67.5 cm³/mol. The Morgan fingerprint density at radius 2 is 1.93 bits per heavy atom. The topological polar surface area (TPSA) is 24.9 Å². The van der Waals surface area contributed by atoms with Crippen LogP contribution in [0.2, 0.25) is 0 Å². The van der Waals surface area contributed by atoms with E-state index < -0.39 is 0 Å². The summed E-state index contributed by atoms with van der Waals surface area (Å²) in [5.41, 5.74) is 1.27. The van der Waals surface area contributed by atoms with Crippen molar-refractivity contribution >= 4 is 11.3 Å². The minimum absolute atomic E-state index is 0.533. The maximum atomic E-state index is 4.59. The Balaban J connectivity index is 2.59. The molecule has 1 heterocycles. The molecule has 0 bridgehead atoms. The summed E-state index contributed by atoms with van der Waals surface area (Å²) in [6, 6.07) is 0. The van der Waals surface area contributed by atoms with E-state index in [1.165, 1.54) is 15.6 Å². The molecule has 1 aromatic rings. The molecule has 0 unspecified atom stereocenters. The van der Waals surface area contributed by atoms with Crippen LogP contribution < -0.4 is 5.32 Å². The van der Waals surface area contributed by atoms with Crippen LogP contribution in [0, 0.1) is 12.8 Å². The SMILES string of the molecule is Cc1nc(C(C)C)c(CNCC(C)C)s1. The lowest BCUT2D eigenvalue weighted by Crippen LogP contribution is -2.19. The van der Waals surface area contributed by atoms with Gasteiger partial charge < -0.3 is 5.32 Å². The molecule has 15 heavy (non-hydrogen) atoms. The van der Waals surface area contributed by atoms with Crippen LogP contribution in [0.3, 0.4) is 0 Å². The molecule has 3 heteroatoms. The summed E-state index contributed by atoms with van der Waals surface area (Å²) in [6.07, 6.45) is 0. The highest BCUT2D eigenvalue weighted by atomic mass is 32.1. The number of hydrogen-bond acceptors (Lipinski definition) is 3. The second-order valence-corrected chi connectivity index (χ2v) is 6.01. The first kappa shape index (κ1) is 12.7. The van der Waals surface area contributed by atoms with Gasteiger partial charge in [-0.2, -0.15) is 0 Å². The first-order valence-electron chi connectivity index (χ1n) is 5.67. The Kier molecular flexibility index (Phi) is 4.74. The molecule has 1 aromatic heterocycles.